The monoisotopic (exact) mass is 320 g/mol. The summed E-state index contributed by atoms with van der Waals surface area (Å²) in [5, 5.41) is 0. The molecule has 2 rings (SSSR count). The van der Waals surface area contributed by atoms with Crippen LogP contribution in [0.2, 0.25) is 0 Å². The summed E-state index contributed by atoms with van der Waals surface area (Å²) >= 11 is 3.38. The maximum Gasteiger partial charge on any atom is 0.200 e. The third kappa shape index (κ3) is 3.58. The zero-order chi connectivity index (χ0) is 13.7. The summed E-state index contributed by atoms with van der Waals surface area (Å²) in [7, 11) is 1.60. The fourth-order valence-electron chi connectivity index (χ4n) is 1.58. The van der Waals surface area contributed by atoms with Crippen molar-refractivity contribution in [1.29, 1.82) is 0 Å². The molecule has 19 heavy (non-hydrogen) atoms. The third-order valence-electron chi connectivity index (χ3n) is 2.59. The van der Waals surface area contributed by atoms with Crippen LogP contribution in [0.5, 0.6) is 11.5 Å². The summed E-state index contributed by atoms with van der Waals surface area (Å²) in [5.41, 5.74) is 0.645. The SMILES string of the molecule is COc1ccc(OCC(=O)c2ccccc2)c(Br)c1. The van der Waals surface area contributed by atoms with Gasteiger partial charge in [-0.3, -0.25) is 4.79 Å². The summed E-state index contributed by atoms with van der Waals surface area (Å²) in [5.74, 6) is 1.29. The van der Waals surface area contributed by atoms with Crippen molar-refractivity contribution in [2.75, 3.05) is 13.7 Å². The molecule has 0 aliphatic rings. The lowest BCUT2D eigenvalue weighted by atomic mass is 10.1. The highest BCUT2D eigenvalue weighted by Crippen LogP contribution is 2.29. The van der Waals surface area contributed by atoms with Crippen molar-refractivity contribution in [2.24, 2.45) is 0 Å². The van der Waals surface area contributed by atoms with Crippen molar-refractivity contribution in [1.82, 2.24) is 0 Å². The van der Waals surface area contributed by atoms with Crippen molar-refractivity contribution >= 4 is 21.7 Å². The highest BCUT2D eigenvalue weighted by Gasteiger charge is 2.08. The van der Waals surface area contributed by atoms with Crippen LogP contribution in [0, 0.1) is 0 Å². The molecular formula is C15H13BrO3. The second kappa shape index (κ2) is 6.38. The van der Waals surface area contributed by atoms with Crippen molar-refractivity contribution in [2.45, 2.75) is 0 Å². The Morgan fingerprint density at radius 1 is 1.16 bits per heavy atom. The number of rotatable bonds is 5. The summed E-state index contributed by atoms with van der Waals surface area (Å²) in [6.07, 6.45) is 0. The number of carbonyl (C=O) groups is 1. The molecule has 0 aliphatic carbocycles. The highest BCUT2D eigenvalue weighted by molar-refractivity contribution is 9.10. The Bertz CT molecular complexity index is 567. The van der Waals surface area contributed by atoms with Gasteiger partial charge in [0.2, 0.25) is 0 Å². The normalized spacial score (nSPS) is 10.0. The first-order valence-corrected chi connectivity index (χ1v) is 6.54. The van der Waals surface area contributed by atoms with E-state index >= 15 is 0 Å². The molecule has 3 nitrogen and oxygen atoms in total. The van der Waals surface area contributed by atoms with Gasteiger partial charge in [0.1, 0.15) is 11.5 Å². The van der Waals surface area contributed by atoms with E-state index in [9.17, 15) is 4.79 Å². The minimum atomic E-state index is -0.0525. The maximum atomic E-state index is 11.9. The van der Waals surface area contributed by atoms with Crippen LogP contribution in [0.4, 0.5) is 0 Å². The van der Waals surface area contributed by atoms with E-state index in [0.29, 0.717) is 11.3 Å². The predicted molar refractivity (Wildman–Crippen MR) is 77.0 cm³/mol. The average Bonchev–Trinajstić information content (AvgIpc) is 2.46. The molecule has 0 heterocycles. The number of ketones is 1. The second-order valence-corrected chi connectivity index (χ2v) is 4.73. The van der Waals surface area contributed by atoms with Crippen molar-refractivity contribution in [3.63, 3.8) is 0 Å². The molecule has 2 aromatic rings. The quantitative estimate of drug-likeness (QED) is 0.788. The lowest BCUT2D eigenvalue weighted by Crippen LogP contribution is -2.11. The van der Waals surface area contributed by atoms with Gasteiger partial charge in [0, 0.05) is 5.56 Å². The number of hydrogen-bond acceptors (Lipinski definition) is 3. The number of methoxy groups -OCH3 is 1. The van der Waals surface area contributed by atoms with Gasteiger partial charge in [-0.1, -0.05) is 30.3 Å². The largest absolute Gasteiger partial charge is 0.497 e. The molecule has 4 heteroatoms. The highest BCUT2D eigenvalue weighted by atomic mass is 79.9. The van der Waals surface area contributed by atoms with Gasteiger partial charge in [-0.2, -0.15) is 0 Å². The van der Waals surface area contributed by atoms with Gasteiger partial charge in [-0.25, -0.2) is 0 Å². The molecule has 0 atom stereocenters. The zero-order valence-electron chi connectivity index (χ0n) is 10.4. The van der Waals surface area contributed by atoms with Crippen LogP contribution in [0.1, 0.15) is 10.4 Å². The molecule has 0 saturated heterocycles. The topological polar surface area (TPSA) is 35.5 Å². The summed E-state index contributed by atoms with van der Waals surface area (Å²) in [4.78, 5) is 11.9. The molecule has 0 unspecified atom stereocenters. The van der Waals surface area contributed by atoms with Crippen LogP contribution in [-0.2, 0) is 0 Å². The number of ether oxygens (including phenoxy) is 2. The van der Waals surface area contributed by atoms with Crippen LogP contribution >= 0.6 is 15.9 Å². The van der Waals surface area contributed by atoms with Crippen molar-refractivity contribution < 1.29 is 14.3 Å². The number of benzene rings is 2. The molecule has 0 aromatic heterocycles. The Morgan fingerprint density at radius 2 is 1.89 bits per heavy atom. The number of hydrogen-bond donors (Lipinski definition) is 0. The van der Waals surface area contributed by atoms with E-state index in [1.165, 1.54) is 0 Å². The van der Waals surface area contributed by atoms with Crippen LogP contribution in [0.15, 0.2) is 53.0 Å². The molecule has 0 saturated carbocycles. The standard InChI is InChI=1S/C15H13BrO3/c1-18-12-7-8-15(13(16)9-12)19-10-14(17)11-5-3-2-4-6-11/h2-9H,10H2,1H3. The average molecular weight is 321 g/mol. The molecule has 0 bridgehead atoms. The first-order valence-electron chi connectivity index (χ1n) is 5.75. The molecule has 2 aromatic carbocycles. The Morgan fingerprint density at radius 3 is 2.53 bits per heavy atom. The number of carbonyl (C=O) groups excluding carboxylic acids is 1. The maximum absolute atomic E-state index is 11.9. The molecule has 0 amide bonds. The Hall–Kier alpha value is -1.81. The molecule has 0 aliphatic heterocycles. The lowest BCUT2D eigenvalue weighted by Gasteiger charge is -2.09. The first-order chi connectivity index (χ1) is 9.20. The smallest absolute Gasteiger partial charge is 0.200 e. The van der Waals surface area contributed by atoms with E-state index in [2.05, 4.69) is 15.9 Å². The van der Waals surface area contributed by atoms with Crippen LogP contribution < -0.4 is 9.47 Å². The van der Waals surface area contributed by atoms with E-state index < -0.39 is 0 Å². The second-order valence-electron chi connectivity index (χ2n) is 3.87. The summed E-state index contributed by atoms with van der Waals surface area (Å²) in [6.45, 7) is 0.00887. The molecule has 0 N–H and O–H groups in total. The van der Waals surface area contributed by atoms with Crippen molar-refractivity contribution in [3.8, 4) is 11.5 Å². The van der Waals surface area contributed by atoms with Gasteiger partial charge >= 0.3 is 0 Å². The number of halogens is 1. The van der Waals surface area contributed by atoms with Gasteiger partial charge < -0.3 is 9.47 Å². The van der Waals surface area contributed by atoms with Gasteiger partial charge in [0.25, 0.3) is 0 Å². The van der Waals surface area contributed by atoms with Crippen LogP contribution in [-0.4, -0.2) is 19.5 Å². The van der Waals surface area contributed by atoms with E-state index in [1.54, 1.807) is 37.4 Å². The van der Waals surface area contributed by atoms with E-state index in [0.717, 1.165) is 10.2 Å². The summed E-state index contributed by atoms with van der Waals surface area (Å²) < 4.78 is 11.4. The van der Waals surface area contributed by atoms with Gasteiger partial charge in [-0.05, 0) is 34.1 Å². The molecule has 0 radical (unpaired) electrons. The van der Waals surface area contributed by atoms with Crippen LogP contribution in [0.25, 0.3) is 0 Å². The van der Waals surface area contributed by atoms with Crippen LogP contribution in [0.3, 0.4) is 0 Å². The number of Topliss-reactive ketones (excluding diaryl/α,β-unsaturated/α-hetero) is 1. The zero-order valence-corrected chi connectivity index (χ0v) is 12.0. The minimum absolute atomic E-state index is 0.00887. The third-order valence-corrected chi connectivity index (χ3v) is 3.21. The Balaban J connectivity index is 2.01. The Kier molecular flexibility index (Phi) is 4.58. The molecule has 98 valence electrons. The minimum Gasteiger partial charge on any atom is -0.497 e. The molecule has 0 fully saturated rings. The van der Waals surface area contributed by atoms with Gasteiger partial charge in [0.15, 0.2) is 12.4 Å². The summed E-state index contributed by atoms with van der Waals surface area (Å²) in [6, 6.07) is 14.4. The fourth-order valence-corrected chi connectivity index (χ4v) is 2.05. The van der Waals surface area contributed by atoms with E-state index in [4.69, 9.17) is 9.47 Å². The van der Waals surface area contributed by atoms with Gasteiger partial charge in [-0.15, -0.1) is 0 Å². The lowest BCUT2D eigenvalue weighted by molar-refractivity contribution is 0.0921. The van der Waals surface area contributed by atoms with E-state index in [-0.39, 0.29) is 12.4 Å². The molecular weight excluding hydrogens is 308 g/mol. The van der Waals surface area contributed by atoms with Gasteiger partial charge in [0.05, 0.1) is 11.6 Å². The molecule has 0 spiro atoms. The van der Waals surface area contributed by atoms with Crippen molar-refractivity contribution in [3.05, 3.63) is 58.6 Å². The first kappa shape index (κ1) is 13.6. The van der Waals surface area contributed by atoms with E-state index in [1.807, 2.05) is 18.2 Å². The Labute approximate surface area is 120 Å². The predicted octanol–water partition coefficient (Wildman–Crippen LogP) is 3.72. The fraction of sp³-hybridized carbons (Fsp3) is 0.133.